The summed E-state index contributed by atoms with van der Waals surface area (Å²) < 4.78 is 0. The van der Waals surface area contributed by atoms with Crippen LogP contribution in [0.1, 0.15) is 23.2 Å². The van der Waals surface area contributed by atoms with Gasteiger partial charge in [0, 0.05) is 22.9 Å². The van der Waals surface area contributed by atoms with Gasteiger partial charge in [0.05, 0.1) is 0 Å². The fourth-order valence-electron chi connectivity index (χ4n) is 3.29. The molecule has 1 aliphatic heterocycles. The average Bonchev–Trinajstić information content (AvgIpc) is 2.63. The number of ketones is 1. The molecule has 0 saturated carbocycles. The summed E-state index contributed by atoms with van der Waals surface area (Å²) in [5, 5.41) is 0.259. The molecule has 0 amide bonds. The van der Waals surface area contributed by atoms with Crippen molar-refractivity contribution < 1.29 is 4.79 Å². The van der Waals surface area contributed by atoms with E-state index in [1.54, 1.807) is 4.90 Å². The number of benzene rings is 2. The highest BCUT2D eigenvalue weighted by Gasteiger charge is 2.25. The zero-order valence-electron chi connectivity index (χ0n) is 14.4. The van der Waals surface area contributed by atoms with Crippen molar-refractivity contribution in [2.24, 2.45) is 11.7 Å². The highest BCUT2D eigenvalue weighted by atomic mass is 32.1. The van der Waals surface area contributed by atoms with Crippen molar-refractivity contribution >= 4 is 34.5 Å². The average molecular weight is 353 g/mol. The van der Waals surface area contributed by atoms with Gasteiger partial charge >= 0.3 is 0 Å². The monoisotopic (exact) mass is 353 g/mol. The molecule has 0 aliphatic carbocycles. The largest absolute Gasteiger partial charge is 0.376 e. The van der Waals surface area contributed by atoms with Crippen molar-refractivity contribution in [2.45, 2.75) is 12.8 Å². The number of nitrogens with zero attached hydrogens (tertiary/aromatic N) is 2. The Labute approximate surface area is 154 Å². The van der Waals surface area contributed by atoms with Gasteiger partial charge in [-0.3, -0.25) is 9.69 Å². The number of piperidine rings is 1. The summed E-state index contributed by atoms with van der Waals surface area (Å²) in [4.78, 5) is 16.9. The van der Waals surface area contributed by atoms with E-state index in [9.17, 15) is 4.79 Å². The van der Waals surface area contributed by atoms with E-state index in [0.717, 1.165) is 42.9 Å². The second-order valence-corrected chi connectivity index (χ2v) is 6.92. The van der Waals surface area contributed by atoms with Crippen LogP contribution in [-0.4, -0.2) is 35.9 Å². The van der Waals surface area contributed by atoms with Crippen molar-refractivity contribution in [2.75, 3.05) is 25.0 Å². The summed E-state index contributed by atoms with van der Waals surface area (Å²) in [6.07, 6.45) is 1.83. The second kappa shape index (κ2) is 7.76. The topological polar surface area (TPSA) is 49.6 Å². The maximum Gasteiger partial charge on any atom is 0.175 e. The van der Waals surface area contributed by atoms with Gasteiger partial charge in [-0.25, -0.2) is 0 Å². The number of hydrogen-bond donors (Lipinski definition) is 1. The van der Waals surface area contributed by atoms with E-state index in [-0.39, 0.29) is 16.8 Å². The lowest BCUT2D eigenvalue weighted by Gasteiger charge is -2.28. The zero-order chi connectivity index (χ0) is 17.8. The molecule has 130 valence electrons. The molecule has 2 N–H and O–H groups in total. The Balaban J connectivity index is 1.87. The van der Waals surface area contributed by atoms with Crippen LogP contribution in [-0.2, 0) is 0 Å². The third-order valence-corrected chi connectivity index (χ3v) is 4.90. The van der Waals surface area contributed by atoms with E-state index in [4.69, 9.17) is 18.0 Å². The van der Waals surface area contributed by atoms with Crippen molar-refractivity contribution in [3.63, 3.8) is 0 Å². The number of carbonyl (C=O) groups is 1. The predicted molar refractivity (Wildman–Crippen MR) is 106 cm³/mol. The van der Waals surface area contributed by atoms with E-state index < -0.39 is 0 Å². The predicted octanol–water partition coefficient (Wildman–Crippen LogP) is 3.59. The van der Waals surface area contributed by atoms with Crippen LogP contribution in [0, 0.1) is 5.92 Å². The number of rotatable bonds is 4. The van der Waals surface area contributed by atoms with Gasteiger partial charge in [-0.2, -0.15) is 0 Å². The van der Waals surface area contributed by atoms with Gasteiger partial charge in [0.25, 0.3) is 0 Å². The standard InChI is InChI=1S/C20H23N3OS/c1-22-12-10-15(11-13-22)19(24)16-6-5-9-18(14-16)23(20(21)25)17-7-3-2-4-8-17/h2-9,14-15H,10-13H2,1H3,(H2,21,25). The molecule has 0 aromatic heterocycles. The fraction of sp³-hybridized carbons (Fsp3) is 0.300. The molecule has 2 aromatic carbocycles. The quantitative estimate of drug-likeness (QED) is 0.672. The lowest BCUT2D eigenvalue weighted by molar-refractivity contribution is 0.0857. The van der Waals surface area contributed by atoms with Crippen molar-refractivity contribution in [1.82, 2.24) is 4.90 Å². The molecular weight excluding hydrogens is 330 g/mol. The van der Waals surface area contributed by atoms with Gasteiger partial charge in [0.1, 0.15) is 0 Å². The molecule has 1 heterocycles. The summed E-state index contributed by atoms with van der Waals surface area (Å²) >= 11 is 5.24. The molecule has 1 fully saturated rings. The lowest BCUT2D eigenvalue weighted by atomic mass is 9.89. The summed E-state index contributed by atoms with van der Waals surface area (Å²) in [6.45, 7) is 1.94. The second-order valence-electron chi connectivity index (χ2n) is 6.50. The van der Waals surface area contributed by atoms with Crippen LogP contribution in [0.3, 0.4) is 0 Å². The van der Waals surface area contributed by atoms with Crippen LogP contribution >= 0.6 is 12.2 Å². The van der Waals surface area contributed by atoms with Crippen LogP contribution in [0.4, 0.5) is 11.4 Å². The Kier molecular flexibility index (Phi) is 5.46. The maximum atomic E-state index is 12.9. The van der Waals surface area contributed by atoms with Gasteiger partial charge in [-0.15, -0.1) is 0 Å². The number of likely N-dealkylation sites (tertiary alicyclic amines) is 1. The number of anilines is 2. The summed E-state index contributed by atoms with van der Waals surface area (Å²) in [6, 6.07) is 17.3. The lowest BCUT2D eigenvalue weighted by Crippen LogP contribution is -2.34. The third kappa shape index (κ3) is 4.06. The fourth-order valence-corrected chi connectivity index (χ4v) is 3.50. The molecule has 1 aliphatic rings. The highest BCUT2D eigenvalue weighted by molar-refractivity contribution is 7.80. The Hall–Kier alpha value is -2.24. The first-order valence-corrected chi connectivity index (χ1v) is 8.94. The van der Waals surface area contributed by atoms with Crippen LogP contribution in [0.2, 0.25) is 0 Å². The first-order valence-electron chi connectivity index (χ1n) is 8.53. The van der Waals surface area contributed by atoms with Gasteiger partial charge in [-0.05, 0) is 69.5 Å². The van der Waals surface area contributed by atoms with Gasteiger partial charge in [-0.1, -0.05) is 30.3 Å². The molecule has 0 spiro atoms. The van der Waals surface area contributed by atoms with E-state index in [1.165, 1.54) is 0 Å². The smallest absolute Gasteiger partial charge is 0.175 e. The first kappa shape index (κ1) is 17.6. The highest BCUT2D eigenvalue weighted by Crippen LogP contribution is 2.28. The van der Waals surface area contributed by atoms with Crippen molar-refractivity contribution in [3.05, 3.63) is 60.2 Å². The number of nitrogens with two attached hydrogens (primary N) is 1. The molecule has 1 saturated heterocycles. The molecule has 5 heteroatoms. The van der Waals surface area contributed by atoms with Gasteiger partial charge in [0.15, 0.2) is 10.9 Å². The Morgan fingerprint density at radius 3 is 2.36 bits per heavy atom. The molecule has 3 rings (SSSR count). The van der Waals surface area contributed by atoms with E-state index in [0.29, 0.717) is 0 Å². The van der Waals surface area contributed by atoms with E-state index in [2.05, 4.69) is 11.9 Å². The Morgan fingerprint density at radius 2 is 1.72 bits per heavy atom. The minimum atomic E-state index is 0.0986. The number of carbonyl (C=O) groups excluding carboxylic acids is 1. The molecule has 0 atom stereocenters. The molecule has 0 bridgehead atoms. The summed E-state index contributed by atoms with van der Waals surface area (Å²) in [5.74, 6) is 0.312. The van der Waals surface area contributed by atoms with Gasteiger partial charge in [0.2, 0.25) is 0 Å². The normalized spacial score (nSPS) is 15.7. The van der Waals surface area contributed by atoms with Crippen LogP contribution < -0.4 is 10.6 Å². The summed E-state index contributed by atoms with van der Waals surface area (Å²) in [7, 11) is 2.10. The minimum absolute atomic E-state index is 0.0986. The SMILES string of the molecule is CN1CCC(C(=O)c2cccc(N(C(N)=S)c3ccccc3)c2)CC1. The molecule has 2 aromatic rings. The molecule has 0 unspecified atom stereocenters. The summed E-state index contributed by atoms with van der Waals surface area (Å²) in [5.41, 5.74) is 8.38. The number of hydrogen-bond acceptors (Lipinski definition) is 3. The third-order valence-electron chi connectivity index (χ3n) is 4.71. The van der Waals surface area contributed by atoms with Crippen LogP contribution in [0.15, 0.2) is 54.6 Å². The molecule has 4 nitrogen and oxygen atoms in total. The van der Waals surface area contributed by atoms with Crippen molar-refractivity contribution in [3.8, 4) is 0 Å². The molecule has 0 radical (unpaired) electrons. The Bertz CT molecular complexity index is 755. The zero-order valence-corrected chi connectivity index (χ0v) is 15.2. The first-order chi connectivity index (χ1) is 12.1. The minimum Gasteiger partial charge on any atom is -0.376 e. The van der Waals surface area contributed by atoms with Crippen LogP contribution in [0.5, 0.6) is 0 Å². The van der Waals surface area contributed by atoms with E-state index in [1.807, 2.05) is 54.6 Å². The number of thiocarbonyl (C=S) groups is 1. The molecule has 25 heavy (non-hydrogen) atoms. The molecular formula is C20H23N3OS. The Morgan fingerprint density at radius 1 is 1.08 bits per heavy atom. The van der Waals surface area contributed by atoms with Crippen LogP contribution in [0.25, 0.3) is 0 Å². The number of Topliss-reactive ketones (excluding diaryl/α,β-unsaturated/α-hetero) is 1. The number of para-hydroxylation sites is 1. The van der Waals surface area contributed by atoms with Gasteiger partial charge < -0.3 is 10.6 Å². The van der Waals surface area contributed by atoms with Crippen molar-refractivity contribution in [1.29, 1.82) is 0 Å². The van der Waals surface area contributed by atoms with E-state index >= 15 is 0 Å². The maximum absolute atomic E-state index is 12.9.